The number of allylic oxidation sites excluding steroid dienone is 2. The molecule has 2 aromatic heterocycles. The summed E-state index contributed by atoms with van der Waals surface area (Å²) in [6, 6.07) is 12.2. The summed E-state index contributed by atoms with van der Waals surface area (Å²) >= 11 is 0. The minimum absolute atomic E-state index is 0.0562. The second-order valence-electron chi connectivity index (χ2n) is 9.16. The van der Waals surface area contributed by atoms with E-state index in [4.69, 9.17) is 19.4 Å². The van der Waals surface area contributed by atoms with Gasteiger partial charge >= 0.3 is 0 Å². The Hall–Kier alpha value is -3.12. The highest BCUT2D eigenvalue weighted by atomic mass is 16.7. The minimum atomic E-state index is -0.206. The molecule has 32 heavy (non-hydrogen) atoms. The highest BCUT2D eigenvalue weighted by Gasteiger charge is 2.41. The summed E-state index contributed by atoms with van der Waals surface area (Å²) in [5, 5.41) is 10.2. The zero-order valence-electron chi connectivity index (χ0n) is 18.3. The molecular formula is C26H27N3O3. The summed E-state index contributed by atoms with van der Waals surface area (Å²) in [4.78, 5) is 10.1. The number of rotatable bonds is 2. The lowest BCUT2D eigenvalue weighted by Gasteiger charge is -2.37. The number of ether oxygens (including phenoxy) is 2. The van der Waals surface area contributed by atoms with Crippen LogP contribution in [0.2, 0.25) is 0 Å². The largest absolute Gasteiger partial charge is 0.454 e. The fraction of sp³-hybridized carbons (Fsp3) is 0.385. The van der Waals surface area contributed by atoms with Crippen molar-refractivity contribution in [1.82, 2.24) is 14.5 Å². The van der Waals surface area contributed by atoms with Gasteiger partial charge in [-0.2, -0.15) is 0 Å². The summed E-state index contributed by atoms with van der Waals surface area (Å²) in [6.45, 7) is 3.03. The maximum Gasteiger partial charge on any atom is 0.231 e. The van der Waals surface area contributed by atoms with Crippen molar-refractivity contribution < 1.29 is 14.6 Å². The molecule has 4 heterocycles. The van der Waals surface area contributed by atoms with E-state index in [2.05, 4.69) is 28.9 Å². The molecule has 1 N–H and O–H groups in total. The Morgan fingerprint density at radius 2 is 1.88 bits per heavy atom. The lowest BCUT2D eigenvalue weighted by molar-refractivity contribution is 0.0924. The van der Waals surface area contributed by atoms with Crippen molar-refractivity contribution >= 4 is 0 Å². The molecule has 6 heteroatoms. The Balaban J connectivity index is 1.59. The lowest BCUT2D eigenvalue weighted by Crippen LogP contribution is -2.35. The molecule has 6 nitrogen and oxygen atoms in total. The van der Waals surface area contributed by atoms with Crippen LogP contribution in [0, 0.1) is 6.92 Å². The van der Waals surface area contributed by atoms with Crippen LogP contribution in [0.4, 0.5) is 0 Å². The first kappa shape index (κ1) is 19.6. The second kappa shape index (κ2) is 7.48. The molecule has 0 atom stereocenters. The molecule has 1 aromatic carbocycles. The Bertz CT molecular complexity index is 1210. The molecule has 2 aliphatic heterocycles. The van der Waals surface area contributed by atoms with E-state index in [0.29, 0.717) is 0 Å². The number of imidazole rings is 1. The number of hydrogen-bond donors (Lipinski definition) is 1. The molecule has 6 rings (SSSR count). The molecule has 0 saturated heterocycles. The zero-order chi connectivity index (χ0) is 21.7. The summed E-state index contributed by atoms with van der Waals surface area (Å²) in [6.07, 6.45) is 8.80. The number of fused-ring (bicyclic) bond motifs is 3. The quantitative estimate of drug-likeness (QED) is 0.594. The van der Waals surface area contributed by atoms with E-state index in [-0.39, 0.29) is 18.3 Å². The number of benzene rings is 1. The average Bonchev–Trinajstić information content (AvgIpc) is 3.39. The summed E-state index contributed by atoms with van der Waals surface area (Å²) in [5.41, 5.74) is 4.81. The first-order valence-corrected chi connectivity index (χ1v) is 11.4. The summed E-state index contributed by atoms with van der Waals surface area (Å²) in [5.74, 6) is 2.65. The van der Waals surface area contributed by atoms with E-state index in [0.717, 1.165) is 84.3 Å². The minimum Gasteiger partial charge on any atom is -0.454 e. The van der Waals surface area contributed by atoms with Gasteiger partial charge in [0.15, 0.2) is 11.5 Å². The van der Waals surface area contributed by atoms with Crippen molar-refractivity contribution in [2.45, 2.75) is 57.1 Å². The molecule has 1 spiro atoms. The topological polar surface area (TPSA) is 69.4 Å². The van der Waals surface area contributed by atoms with Gasteiger partial charge in [-0.05, 0) is 69.4 Å². The van der Waals surface area contributed by atoms with E-state index < -0.39 is 0 Å². The Morgan fingerprint density at radius 3 is 2.72 bits per heavy atom. The second-order valence-corrected chi connectivity index (χ2v) is 9.16. The predicted molar refractivity (Wildman–Crippen MR) is 122 cm³/mol. The van der Waals surface area contributed by atoms with Gasteiger partial charge in [-0.1, -0.05) is 18.2 Å². The fourth-order valence-electron chi connectivity index (χ4n) is 5.39. The van der Waals surface area contributed by atoms with Crippen LogP contribution in [0.5, 0.6) is 11.5 Å². The third kappa shape index (κ3) is 3.13. The molecule has 1 aliphatic carbocycles. The maximum absolute atomic E-state index is 10.2. The number of aromatic nitrogens is 3. The van der Waals surface area contributed by atoms with E-state index >= 15 is 0 Å². The van der Waals surface area contributed by atoms with Crippen molar-refractivity contribution in [2.75, 3.05) is 6.79 Å². The molecule has 164 valence electrons. The van der Waals surface area contributed by atoms with Crippen LogP contribution in [0.1, 0.15) is 43.6 Å². The Kier molecular flexibility index (Phi) is 4.57. The van der Waals surface area contributed by atoms with Crippen molar-refractivity contribution in [3.05, 3.63) is 60.1 Å². The van der Waals surface area contributed by atoms with Gasteiger partial charge < -0.3 is 19.1 Å². The SMILES string of the molecule is Cc1cccc(-c2nc3n(c2-c2ccc4c(c2)OCO4)CC=CCC32CCC(O)CC2)n1. The monoisotopic (exact) mass is 429 g/mol. The Labute approximate surface area is 187 Å². The number of aliphatic hydroxyl groups is 1. The fourth-order valence-corrected chi connectivity index (χ4v) is 5.39. The van der Waals surface area contributed by atoms with Crippen molar-refractivity contribution in [1.29, 1.82) is 0 Å². The number of hydrogen-bond acceptors (Lipinski definition) is 5. The average molecular weight is 430 g/mol. The molecule has 1 fully saturated rings. The summed E-state index contributed by atoms with van der Waals surface area (Å²) in [7, 11) is 0. The predicted octanol–water partition coefficient (Wildman–Crippen LogP) is 4.78. The van der Waals surface area contributed by atoms with Crippen LogP contribution in [-0.4, -0.2) is 32.5 Å². The highest BCUT2D eigenvalue weighted by Crippen LogP contribution is 2.47. The molecule has 0 amide bonds. The van der Waals surface area contributed by atoms with Gasteiger partial charge in [0.1, 0.15) is 11.5 Å². The van der Waals surface area contributed by atoms with Crippen LogP contribution in [0.3, 0.4) is 0 Å². The first-order chi connectivity index (χ1) is 15.6. The van der Waals surface area contributed by atoms with Crippen LogP contribution in [0.25, 0.3) is 22.6 Å². The van der Waals surface area contributed by atoms with Gasteiger partial charge in [0.25, 0.3) is 0 Å². The van der Waals surface area contributed by atoms with Crippen LogP contribution in [0.15, 0.2) is 48.6 Å². The van der Waals surface area contributed by atoms with Crippen molar-refractivity contribution in [2.24, 2.45) is 0 Å². The number of nitrogens with zero attached hydrogens (tertiary/aromatic N) is 3. The van der Waals surface area contributed by atoms with Gasteiger partial charge in [0.05, 0.1) is 17.5 Å². The third-order valence-corrected chi connectivity index (χ3v) is 7.09. The van der Waals surface area contributed by atoms with Gasteiger partial charge in [0.2, 0.25) is 6.79 Å². The molecule has 3 aliphatic rings. The summed E-state index contributed by atoms with van der Waals surface area (Å²) < 4.78 is 13.6. The molecule has 0 radical (unpaired) electrons. The van der Waals surface area contributed by atoms with Gasteiger partial charge in [-0.15, -0.1) is 0 Å². The van der Waals surface area contributed by atoms with E-state index in [9.17, 15) is 5.11 Å². The number of aryl methyl sites for hydroxylation is 1. The molecule has 3 aromatic rings. The van der Waals surface area contributed by atoms with Crippen LogP contribution in [-0.2, 0) is 12.0 Å². The third-order valence-electron chi connectivity index (χ3n) is 7.09. The maximum atomic E-state index is 10.2. The van der Waals surface area contributed by atoms with E-state index in [1.165, 1.54) is 0 Å². The van der Waals surface area contributed by atoms with Crippen LogP contribution < -0.4 is 9.47 Å². The highest BCUT2D eigenvalue weighted by molar-refractivity contribution is 5.79. The standard InChI is InChI=1S/C26H27N3O3/c1-17-5-4-6-20(27-17)23-24(18-7-8-21-22(15-18)32-16-31-21)29-14-3-2-11-26(25(29)28-23)12-9-19(30)10-13-26/h2-8,15,19,30H,9-14,16H2,1H3. The zero-order valence-corrected chi connectivity index (χ0v) is 18.3. The normalized spacial score (nSPS) is 23.9. The number of aliphatic hydroxyl groups excluding tert-OH is 1. The smallest absolute Gasteiger partial charge is 0.231 e. The van der Waals surface area contributed by atoms with Gasteiger partial charge in [-0.3, -0.25) is 4.98 Å². The Morgan fingerprint density at radius 1 is 1.03 bits per heavy atom. The number of pyridine rings is 1. The lowest BCUT2D eigenvalue weighted by atomic mass is 9.70. The molecule has 0 unspecified atom stereocenters. The van der Waals surface area contributed by atoms with E-state index in [1.54, 1.807) is 0 Å². The van der Waals surface area contributed by atoms with Gasteiger partial charge in [-0.25, -0.2) is 4.98 Å². The molecule has 1 saturated carbocycles. The van der Waals surface area contributed by atoms with E-state index in [1.807, 2.05) is 31.2 Å². The van der Waals surface area contributed by atoms with Gasteiger partial charge in [0, 0.05) is 23.2 Å². The van der Waals surface area contributed by atoms with Crippen molar-refractivity contribution in [3.63, 3.8) is 0 Å². The molecular weight excluding hydrogens is 402 g/mol. The van der Waals surface area contributed by atoms with Crippen molar-refractivity contribution in [3.8, 4) is 34.1 Å². The molecule has 0 bridgehead atoms. The first-order valence-electron chi connectivity index (χ1n) is 11.4. The van der Waals surface area contributed by atoms with Crippen LogP contribution >= 0.6 is 0 Å².